The number of aromatic amines is 1. The maximum absolute atomic E-state index is 11.2. The number of ether oxygens (including phenoxy) is 1. The SMILES string of the molecule is O=c1[nH]c(O)c(Cc2ccc(OCCON=Cc3cnc4ccccc4c3)cc2)s1. The van der Waals surface area contributed by atoms with Crippen LogP contribution >= 0.6 is 11.3 Å². The van der Waals surface area contributed by atoms with E-state index in [1.54, 1.807) is 12.4 Å². The lowest BCUT2D eigenvalue weighted by Gasteiger charge is -2.06. The third-order valence-corrected chi connectivity index (χ3v) is 5.19. The van der Waals surface area contributed by atoms with Gasteiger partial charge in [0.25, 0.3) is 0 Å². The number of aromatic hydroxyl groups is 1. The predicted molar refractivity (Wildman–Crippen MR) is 117 cm³/mol. The minimum absolute atomic E-state index is 0.0671. The third-order valence-electron chi connectivity index (χ3n) is 4.32. The number of hydrogen-bond donors (Lipinski definition) is 2. The van der Waals surface area contributed by atoms with Gasteiger partial charge in [-0.05, 0) is 29.8 Å². The summed E-state index contributed by atoms with van der Waals surface area (Å²) in [6.45, 7) is 0.664. The molecule has 2 aromatic carbocycles. The number of aromatic nitrogens is 2. The molecule has 0 amide bonds. The molecule has 2 heterocycles. The van der Waals surface area contributed by atoms with Gasteiger partial charge in [0.2, 0.25) is 5.88 Å². The predicted octanol–water partition coefficient (Wildman–Crippen LogP) is 3.71. The summed E-state index contributed by atoms with van der Waals surface area (Å²) < 4.78 is 5.63. The summed E-state index contributed by atoms with van der Waals surface area (Å²) in [6.07, 6.45) is 3.86. The molecule has 30 heavy (non-hydrogen) atoms. The standard InChI is InChI=1S/C22H19N3O4S/c26-21-20(30-22(27)25-21)12-15-5-7-18(8-6-15)28-9-10-29-24-14-16-11-17-3-1-2-4-19(17)23-13-16/h1-8,11,13-14,26H,9-10,12H2,(H,25,27). The minimum Gasteiger partial charge on any atom is -0.494 e. The first-order valence-corrected chi connectivity index (χ1v) is 10.1. The van der Waals surface area contributed by atoms with Gasteiger partial charge in [-0.3, -0.25) is 14.8 Å². The lowest BCUT2D eigenvalue weighted by molar-refractivity contribution is 0.108. The number of fused-ring (bicyclic) bond motifs is 1. The number of rotatable bonds is 8. The highest BCUT2D eigenvalue weighted by Gasteiger charge is 2.07. The van der Waals surface area contributed by atoms with Gasteiger partial charge >= 0.3 is 4.87 Å². The summed E-state index contributed by atoms with van der Waals surface area (Å²) in [5, 5.41) is 14.7. The maximum atomic E-state index is 11.2. The van der Waals surface area contributed by atoms with E-state index < -0.39 is 0 Å². The molecule has 0 unspecified atom stereocenters. The zero-order valence-electron chi connectivity index (χ0n) is 15.9. The van der Waals surface area contributed by atoms with E-state index in [0.717, 1.165) is 33.4 Å². The molecule has 0 saturated carbocycles. The van der Waals surface area contributed by atoms with Crippen molar-refractivity contribution in [2.75, 3.05) is 13.2 Å². The first-order chi connectivity index (χ1) is 14.7. The number of thiazole rings is 1. The molecule has 0 saturated heterocycles. The lowest BCUT2D eigenvalue weighted by Crippen LogP contribution is -2.04. The van der Waals surface area contributed by atoms with Gasteiger partial charge in [0.1, 0.15) is 12.4 Å². The summed E-state index contributed by atoms with van der Waals surface area (Å²) >= 11 is 1.01. The van der Waals surface area contributed by atoms with Gasteiger partial charge in [-0.1, -0.05) is 46.8 Å². The van der Waals surface area contributed by atoms with Gasteiger partial charge in [-0.25, -0.2) is 0 Å². The molecular formula is C22H19N3O4S. The highest BCUT2D eigenvalue weighted by molar-refractivity contribution is 7.09. The molecule has 4 rings (SSSR count). The van der Waals surface area contributed by atoms with E-state index in [0.29, 0.717) is 30.3 Å². The van der Waals surface area contributed by atoms with Crippen molar-refractivity contribution in [2.24, 2.45) is 5.16 Å². The number of pyridine rings is 1. The Labute approximate surface area is 176 Å². The van der Waals surface area contributed by atoms with Crippen LogP contribution in [-0.2, 0) is 11.3 Å². The van der Waals surface area contributed by atoms with Crippen molar-refractivity contribution in [3.8, 4) is 11.6 Å². The van der Waals surface area contributed by atoms with Gasteiger partial charge in [0, 0.05) is 23.6 Å². The topological polar surface area (TPSA) is 96.8 Å². The van der Waals surface area contributed by atoms with Crippen LogP contribution in [0.2, 0.25) is 0 Å². The van der Waals surface area contributed by atoms with Crippen LogP contribution in [0.4, 0.5) is 0 Å². The Morgan fingerprint density at radius 3 is 2.77 bits per heavy atom. The molecule has 0 aliphatic heterocycles. The number of H-pyrrole nitrogens is 1. The Kier molecular flexibility index (Phi) is 6.05. The highest BCUT2D eigenvalue weighted by atomic mass is 32.1. The minimum atomic E-state index is -0.262. The highest BCUT2D eigenvalue weighted by Crippen LogP contribution is 2.21. The van der Waals surface area contributed by atoms with E-state index in [1.807, 2.05) is 54.6 Å². The van der Waals surface area contributed by atoms with Crippen LogP contribution in [-0.4, -0.2) is 34.5 Å². The Morgan fingerprint density at radius 1 is 1.13 bits per heavy atom. The van der Waals surface area contributed by atoms with E-state index in [2.05, 4.69) is 15.1 Å². The Bertz CT molecular complexity index is 1220. The molecule has 0 radical (unpaired) electrons. The van der Waals surface area contributed by atoms with Crippen molar-refractivity contribution in [1.29, 1.82) is 0 Å². The second-order valence-electron chi connectivity index (χ2n) is 6.48. The van der Waals surface area contributed by atoms with Crippen molar-refractivity contribution < 1.29 is 14.7 Å². The molecule has 8 heteroatoms. The second kappa shape index (κ2) is 9.23. The summed E-state index contributed by atoms with van der Waals surface area (Å²) in [5.74, 6) is 0.638. The van der Waals surface area contributed by atoms with Crippen LogP contribution < -0.4 is 9.61 Å². The lowest BCUT2D eigenvalue weighted by atomic mass is 10.1. The van der Waals surface area contributed by atoms with E-state index in [1.165, 1.54) is 0 Å². The molecule has 0 aliphatic rings. The molecule has 0 atom stereocenters. The first-order valence-electron chi connectivity index (χ1n) is 9.30. The Morgan fingerprint density at radius 2 is 1.97 bits per heavy atom. The Hall–Kier alpha value is -3.65. The zero-order valence-corrected chi connectivity index (χ0v) is 16.8. The van der Waals surface area contributed by atoms with Crippen LogP contribution in [0.15, 0.2) is 70.7 Å². The van der Waals surface area contributed by atoms with Gasteiger partial charge in [-0.2, -0.15) is 0 Å². The van der Waals surface area contributed by atoms with Crippen molar-refractivity contribution in [3.05, 3.63) is 86.5 Å². The fourth-order valence-corrected chi connectivity index (χ4v) is 3.63. The van der Waals surface area contributed by atoms with Gasteiger partial charge in [0.15, 0.2) is 6.61 Å². The fraction of sp³-hybridized carbons (Fsp3) is 0.136. The molecule has 2 N–H and O–H groups in total. The summed E-state index contributed by atoms with van der Waals surface area (Å²) in [6, 6.07) is 17.4. The van der Waals surface area contributed by atoms with Crippen molar-refractivity contribution in [2.45, 2.75) is 6.42 Å². The zero-order chi connectivity index (χ0) is 20.8. The quantitative estimate of drug-likeness (QED) is 0.257. The van der Waals surface area contributed by atoms with E-state index in [-0.39, 0.29) is 10.8 Å². The normalized spacial score (nSPS) is 11.2. The summed E-state index contributed by atoms with van der Waals surface area (Å²) in [4.78, 5) is 23.6. The number of benzene rings is 2. The van der Waals surface area contributed by atoms with Crippen LogP contribution in [0.3, 0.4) is 0 Å². The first kappa shape index (κ1) is 19.7. The number of hydrogen-bond acceptors (Lipinski definition) is 7. The number of para-hydroxylation sites is 1. The monoisotopic (exact) mass is 421 g/mol. The summed E-state index contributed by atoms with van der Waals surface area (Å²) in [5.41, 5.74) is 2.78. The smallest absolute Gasteiger partial charge is 0.307 e. The summed E-state index contributed by atoms with van der Waals surface area (Å²) in [7, 11) is 0. The average Bonchev–Trinajstić information content (AvgIpc) is 3.08. The largest absolute Gasteiger partial charge is 0.494 e. The molecule has 0 fully saturated rings. The van der Waals surface area contributed by atoms with Crippen molar-refractivity contribution in [3.63, 3.8) is 0 Å². The molecule has 2 aromatic heterocycles. The molecular weight excluding hydrogens is 402 g/mol. The molecule has 4 aromatic rings. The number of oxime groups is 1. The molecule has 0 aliphatic carbocycles. The second-order valence-corrected chi connectivity index (χ2v) is 7.55. The van der Waals surface area contributed by atoms with Gasteiger partial charge < -0.3 is 14.7 Å². The van der Waals surface area contributed by atoms with Crippen LogP contribution in [0.1, 0.15) is 16.0 Å². The number of nitrogens with zero attached hydrogens (tertiary/aromatic N) is 2. The Balaban J connectivity index is 1.21. The van der Waals surface area contributed by atoms with Crippen LogP contribution in [0.25, 0.3) is 10.9 Å². The molecule has 0 bridgehead atoms. The fourth-order valence-electron chi connectivity index (χ4n) is 2.87. The molecule has 0 spiro atoms. The van der Waals surface area contributed by atoms with E-state index >= 15 is 0 Å². The average molecular weight is 421 g/mol. The van der Waals surface area contributed by atoms with E-state index in [9.17, 15) is 9.90 Å². The van der Waals surface area contributed by atoms with Crippen molar-refractivity contribution >= 4 is 28.5 Å². The molecule has 7 nitrogen and oxygen atoms in total. The van der Waals surface area contributed by atoms with Crippen LogP contribution in [0.5, 0.6) is 11.6 Å². The van der Waals surface area contributed by atoms with Gasteiger partial charge in [-0.15, -0.1) is 0 Å². The maximum Gasteiger partial charge on any atom is 0.307 e. The van der Waals surface area contributed by atoms with Crippen molar-refractivity contribution in [1.82, 2.24) is 9.97 Å². The molecule has 152 valence electrons. The number of nitrogens with one attached hydrogen (secondary N) is 1. The third kappa shape index (κ3) is 5.03. The van der Waals surface area contributed by atoms with E-state index in [4.69, 9.17) is 9.57 Å². The van der Waals surface area contributed by atoms with Crippen LogP contribution in [0, 0.1) is 0 Å². The van der Waals surface area contributed by atoms with Gasteiger partial charge in [0.05, 0.1) is 16.6 Å².